The quantitative estimate of drug-likeness (QED) is 0.166. The van der Waals surface area contributed by atoms with Gasteiger partial charge in [0.25, 0.3) is 0 Å². The highest BCUT2D eigenvalue weighted by molar-refractivity contribution is 5.66. The molecule has 1 heterocycles. The molecule has 0 bridgehead atoms. The third-order valence-corrected chi connectivity index (χ3v) is 15.8. The molecule has 0 aromatic rings. The van der Waals surface area contributed by atoms with E-state index in [9.17, 15) is 30.3 Å². The number of ether oxygens (including phenoxy) is 3. The predicted octanol–water partition coefficient (Wildman–Crippen LogP) is 4.26. The van der Waals surface area contributed by atoms with Crippen LogP contribution < -0.4 is 0 Å². The minimum Gasteiger partial charge on any atom is -0.459 e. The molecule has 15 atom stereocenters. The Morgan fingerprint density at radius 2 is 1.62 bits per heavy atom. The number of aliphatic hydroxyl groups is 5. The van der Waals surface area contributed by atoms with Gasteiger partial charge in [0.15, 0.2) is 6.29 Å². The van der Waals surface area contributed by atoms with Gasteiger partial charge in [0.1, 0.15) is 24.4 Å². The maximum atomic E-state index is 12.6. The molecule has 1 aliphatic heterocycles. The Morgan fingerprint density at radius 1 is 0.957 bits per heavy atom. The number of hydrogen-bond acceptors (Lipinski definition) is 9. The molecule has 0 aromatic carbocycles. The van der Waals surface area contributed by atoms with Crippen molar-refractivity contribution >= 4 is 5.97 Å². The van der Waals surface area contributed by atoms with Crippen molar-refractivity contribution in [2.75, 3.05) is 6.61 Å². The van der Waals surface area contributed by atoms with E-state index in [1.165, 1.54) is 18.9 Å². The molecule has 4 saturated carbocycles. The average Bonchev–Trinajstić information content (AvgIpc) is 3.61. The van der Waals surface area contributed by atoms with E-state index < -0.39 is 42.4 Å². The van der Waals surface area contributed by atoms with Crippen LogP contribution in [0.2, 0.25) is 0 Å². The third kappa shape index (κ3) is 4.48. The molecule has 4 unspecified atom stereocenters. The van der Waals surface area contributed by atoms with Crippen molar-refractivity contribution in [3.63, 3.8) is 0 Å². The van der Waals surface area contributed by atoms with Gasteiger partial charge < -0.3 is 39.7 Å². The topological polar surface area (TPSA) is 146 Å². The lowest BCUT2D eigenvalue weighted by molar-refractivity contribution is -0.302. The first-order valence-corrected chi connectivity index (χ1v) is 18.4. The summed E-state index contributed by atoms with van der Waals surface area (Å²) in [5.41, 5.74) is 1.19. The summed E-state index contributed by atoms with van der Waals surface area (Å²) in [4.78, 5) is 12.1. The minimum atomic E-state index is -1.29. The first kappa shape index (κ1) is 34.4. The molecule has 7 rings (SSSR count). The smallest absolute Gasteiger partial charge is 0.303 e. The van der Waals surface area contributed by atoms with E-state index >= 15 is 0 Å². The minimum absolute atomic E-state index is 0.0567. The molecule has 2 spiro atoms. The fourth-order valence-corrected chi connectivity index (χ4v) is 13.8. The van der Waals surface area contributed by atoms with Gasteiger partial charge in [-0.3, -0.25) is 4.79 Å². The molecule has 266 valence electrons. The van der Waals surface area contributed by atoms with Crippen LogP contribution in [0.5, 0.6) is 0 Å². The van der Waals surface area contributed by atoms with Crippen molar-refractivity contribution in [3.05, 3.63) is 11.1 Å². The highest BCUT2D eigenvalue weighted by Crippen LogP contribution is 2.89. The Balaban J connectivity index is 1.15. The van der Waals surface area contributed by atoms with Gasteiger partial charge in [-0.05, 0) is 117 Å². The Bertz CT molecular complexity index is 1320. The van der Waals surface area contributed by atoms with Gasteiger partial charge in [-0.25, -0.2) is 0 Å². The molecule has 1 saturated heterocycles. The van der Waals surface area contributed by atoms with E-state index in [1.807, 2.05) is 0 Å². The van der Waals surface area contributed by atoms with Gasteiger partial charge in [0, 0.05) is 18.3 Å². The molecule has 7 aliphatic rings. The number of carbonyl (C=O) groups excluding carboxylic acids is 1. The summed E-state index contributed by atoms with van der Waals surface area (Å²) in [6, 6.07) is 0. The summed E-state index contributed by atoms with van der Waals surface area (Å²) in [7, 11) is 0. The summed E-state index contributed by atoms with van der Waals surface area (Å²) in [6.07, 6.45) is 2.89. The van der Waals surface area contributed by atoms with Crippen LogP contribution in [0.15, 0.2) is 11.1 Å². The third-order valence-electron chi connectivity index (χ3n) is 15.8. The van der Waals surface area contributed by atoms with Crippen LogP contribution in [-0.4, -0.2) is 86.6 Å². The maximum Gasteiger partial charge on any atom is 0.303 e. The average molecular weight is 661 g/mol. The Labute approximate surface area is 280 Å². The van der Waals surface area contributed by atoms with Crippen molar-refractivity contribution in [1.29, 1.82) is 0 Å². The van der Waals surface area contributed by atoms with Crippen molar-refractivity contribution in [3.8, 4) is 0 Å². The predicted molar refractivity (Wildman–Crippen MR) is 174 cm³/mol. The van der Waals surface area contributed by atoms with Crippen molar-refractivity contribution in [2.24, 2.45) is 50.7 Å². The summed E-state index contributed by atoms with van der Waals surface area (Å²) in [5, 5.41) is 54.5. The molecule has 0 amide bonds. The van der Waals surface area contributed by atoms with Crippen LogP contribution >= 0.6 is 0 Å². The molecular weight excluding hydrogens is 600 g/mol. The number of allylic oxidation sites excluding steroid dienone is 1. The first-order valence-electron chi connectivity index (χ1n) is 18.4. The standard InChI is InChI=1S/C38H60O9/c1-19-15-21(31(34(5,6)44)46-20(2)39)16-22-27(19)35(7)13-14-38-18-37(38)12-11-26(47-32-29(42)28(41)23(40)17-45-32)33(3,4)24(37)9-10-25(38)36(35,8)30(22)43/h19,21,23-26,28-32,40-44H,9-18H2,1-8H3/t19-,21?,23-,24?,25?,26+,28+,29-,30+,31-,32?,35-,36-,37-,38+/m1/s1. The number of hydrogen-bond donors (Lipinski definition) is 5. The molecule has 0 aromatic heterocycles. The zero-order valence-corrected chi connectivity index (χ0v) is 29.8. The van der Waals surface area contributed by atoms with E-state index in [2.05, 4.69) is 34.6 Å². The van der Waals surface area contributed by atoms with Crippen LogP contribution in [0.1, 0.15) is 113 Å². The van der Waals surface area contributed by atoms with Crippen LogP contribution in [0, 0.1) is 50.7 Å². The number of rotatable bonds is 5. The number of esters is 1. The molecule has 6 aliphatic carbocycles. The van der Waals surface area contributed by atoms with Crippen LogP contribution in [0.4, 0.5) is 0 Å². The Kier molecular flexibility index (Phi) is 7.84. The van der Waals surface area contributed by atoms with Crippen LogP contribution in [0.25, 0.3) is 0 Å². The Morgan fingerprint density at radius 3 is 2.28 bits per heavy atom. The molecule has 5 fully saturated rings. The number of carbonyl (C=O) groups is 1. The summed E-state index contributed by atoms with van der Waals surface area (Å²) in [5.74, 6) is 0.619. The SMILES string of the molecule is CC(=O)O[C@H](C1CC2=C([C@H](C)C1)[C@@]1(C)CC[C@@]34C[C@@]35CC[C@H](OC3OC[C@@H](O)[C@H](O)[C@H]3O)C(C)(C)C5CCC4[C@]1(C)[C@H]2O)C(C)(C)O. The lowest BCUT2D eigenvalue weighted by Crippen LogP contribution is -2.61. The molecule has 47 heavy (non-hydrogen) atoms. The second-order valence-corrected chi connectivity index (χ2v) is 18.6. The lowest BCUT2D eigenvalue weighted by atomic mass is 9.41. The van der Waals surface area contributed by atoms with Crippen molar-refractivity contribution < 1.29 is 44.5 Å². The molecule has 9 heteroatoms. The van der Waals surface area contributed by atoms with Gasteiger partial charge in [-0.15, -0.1) is 0 Å². The monoisotopic (exact) mass is 660 g/mol. The fourth-order valence-electron chi connectivity index (χ4n) is 13.8. The van der Waals surface area contributed by atoms with E-state index in [0.717, 1.165) is 50.5 Å². The summed E-state index contributed by atoms with van der Waals surface area (Å²) >= 11 is 0. The van der Waals surface area contributed by atoms with Crippen LogP contribution in [0.3, 0.4) is 0 Å². The van der Waals surface area contributed by atoms with Gasteiger partial charge >= 0.3 is 5.97 Å². The van der Waals surface area contributed by atoms with E-state index in [1.54, 1.807) is 13.8 Å². The zero-order valence-electron chi connectivity index (χ0n) is 29.8. The van der Waals surface area contributed by atoms with E-state index in [0.29, 0.717) is 18.3 Å². The van der Waals surface area contributed by atoms with Crippen LogP contribution in [-0.2, 0) is 19.0 Å². The summed E-state index contributed by atoms with van der Waals surface area (Å²) < 4.78 is 17.9. The number of fused-ring (bicyclic) bond motifs is 3. The van der Waals surface area contributed by atoms with E-state index in [-0.39, 0.29) is 57.6 Å². The summed E-state index contributed by atoms with van der Waals surface area (Å²) in [6.45, 7) is 16.5. The Hall–Kier alpha value is -1.07. The van der Waals surface area contributed by atoms with Gasteiger partial charge in [0.05, 0.1) is 24.4 Å². The van der Waals surface area contributed by atoms with Gasteiger partial charge in [0.2, 0.25) is 0 Å². The molecule has 0 radical (unpaired) electrons. The number of aliphatic hydroxyl groups excluding tert-OH is 4. The highest BCUT2D eigenvalue weighted by Gasteiger charge is 2.83. The van der Waals surface area contributed by atoms with Gasteiger partial charge in [-0.2, -0.15) is 0 Å². The molecule has 5 N–H and O–H groups in total. The molecular formula is C38H60O9. The lowest BCUT2D eigenvalue weighted by Gasteiger charge is -2.64. The second kappa shape index (κ2) is 10.7. The maximum absolute atomic E-state index is 12.6. The van der Waals surface area contributed by atoms with Crippen molar-refractivity contribution in [2.45, 2.75) is 162 Å². The highest BCUT2D eigenvalue weighted by atomic mass is 16.7. The normalized spacial score (nSPS) is 52.4. The first-order chi connectivity index (χ1) is 21.8. The van der Waals surface area contributed by atoms with Gasteiger partial charge in [-0.1, -0.05) is 40.2 Å². The molecule has 9 nitrogen and oxygen atoms in total. The second-order valence-electron chi connectivity index (χ2n) is 18.6. The zero-order chi connectivity index (χ0) is 34.3. The van der Waals surface area contributed by atoms with Crippen molar-refractivity contribution in [1.82, 2.24) is 0 Å². The van der Waals surface area contributed by atoms with E-state index in [4.69, 9.17) is 14.2 Å². The largest absolute Gasteiger partial charge is 0.459 e. The fraction of sp³-hybridized carbons (Fsp3) is 0.921.